The van der Waals surface area contributed by atoms with Crippen LogP contribution in [-0.2, 0) is 4.74 Å². The summed E-state index contributed by atoms with van der Waals surface area (Å²) in [5.74, 6) is 0.600. The quantitative estimate of drug-likeness (QED) is 0.828. The third-order valence-electron chi connectivity index (χ3n) is 2.70. The van der Waals surface area contributed by atoms with Crippen molar-refractivity contribution in [1.82, 2.24) is 9.97 Å². The minimum atomic E-state index is -0.812. The van der Waals surface area contributed by atoms with Gasteiger partial charge in [0.05, 0.1) is 26.0 Å². The van der Waals surface area contributed by atoms with E-state index < -0.39 is 11.7 Å². The van der Waals surface area contributed by atoms with Gasteiger partial charge in [0.25, 0.3) is 0 Å². The monoisotopic (exact) mass is 256 g/mol. The Hall–Kier alpha value is -1.40. The molecule has 0 bridgehead atoms. The predicted octanol–water partition coefficient (Wildman–Crippen LogP) is 1.34. The van der Waals surface area contributed by atoms with E-state index in [0.717, 1.165) is 0 Å². The van der Waals surface area contributed by atoms with Crippen LogP contribution in [0.5, 0.6) is 11.8 Å². The summed E-state index contributed by atoms with van der Waals surface area (Å²) in [5.41, 5.74) is -0.0742. The molecule has 1 atom stereocenters. The van der Waals surface area contributed by atoms with Crippen LogP contribution >= 0.6 is 0 Å². The highest BCUT2D eigenvalue weighted by atomic mass is 16.5. The molecule has 0 aliphatic heterocycles. The molecule has 1 N–H and O–H groups in total. The number of aliphatic hydroxyl groups excluding tert-OH is 1. The van der Waals surface area contributed by atoms with Gasteiger partial charge < -0.3 is 19.3 Å². The maximum absolute atomic E-state index is 10.2. The third kappa shape index (κ3) is 3.54. The van der Waals surface area contributed by atoms with Gasteiger partial charge in [0.2, 0.25) is 11.8 Å². The zero-order chi connectivity index (χ0) is 13.8. The Balaban J connectivity index is 2.94. The molecule has 0 aromatic carbocycles. The molecule has 1 aromatic rings. The average molecular weight is 256 g/mol. The van der Waals surface area contributed by atoms with Crippen molar-refractivity contribution in [2.45, 2.75) is 32.0 Å². The zero-order valence-corrected chi connectivity index (χ0v) is 11.4. The lowest BCUT2D eigenvalue weighted by molar-refractivity contribution is -0.0216. The highest BCUT2D eigenvalue weighted by Crippen LogP contribution is 2.30. The van der Waals surface area contributed by atoms with Crippen molar-refractivity contribution in [3.05, 3.63) is 11.9 Å². The van der Waals surface area contributed by atoms with Crippen LogP contribution in [0.1, 0.15) is 32.1 Å². The Kier molecular flexibility index (Phi) is 4.86. The van der Waals surface area contributed by atoms with E-state index in [1.165, 1.54) is 20.4 Å². The molecule has 18 heavy (non-hydrogen) atoms. The van der Waals surface area contributed by atoms with Gasteiger partial charge >= 0.3 is 0 Å². The van der Waals surface area contributed by atoms with E-state index in [2.05, 4.69) is 9.97 Å². The Morgan fingerprint density at radius 1 is 1.28 bits per heavy atom. The van der Waals surface area contributed by atoms with E-state index in [1.54, 1.807) is 7.11 Å². The van der Waals surface area contributed by atoms with Gasteiger partial charge in [-0.15, -0.1) is 0 Å². The summed E-state index contributed by atoms with van der Waals surface area (Å²) >= 11 is 0. The Bertz CT molecular complexity index is 396. The van der Waals surface area contributed by atoms with Crippen LogP contribution in [0.15, 0.2) is 6.20 Å². The molecule has 1 unspecified atom stereocenters. The predicted molar refractivity (Wildman–Crippen MR) is 65.8 cm³/mol. The number of aromatic nitrogens is 2. The Morgan fingerprint density at radius 2 is 1.94 bits per heavy atom. The number of nitrogens with zero attached hydrogens (tertiary/aromatic N) is 2. The van der Waals surface area contributed by atoms with Crippen molar-refractivity contribution >= 4 is 0 Å². The molecule has 0 amide bonds. The molecule has 1 aromatic heterocycles. The van der Waals surface area contributed by atoms with Crippen molar-refractivity contribution in [1.29, 1.82) is 0 Å². The van der Waals surface area contributed by atoms with E-state index in [9.17, 15) is 5.11 Å². The summed E-state index contributed by atoms with van der Waals surface area (Å²) in [6.45, 7) is 3.78. The maximum atomic E-state index is 10.2. The molecule has 1 rings (SSSR count). The van der Waals surface area contributed by atoms with Crippen molar-refractivity contribution in [3.8, 4) is 11.8 Å². The number of aliphatic hydroxyl groups is 1. The average Bonchev–Trinajstić information content (AvgIpc) is 2.37. The number of hydrogen-bond acceptors (Lipinski definition) is 6. The van der Waals surface area contributed by atoms with Crippen LogP contribution in [-0.4, -0.2) is 42.0 Å². The van der Waals surface area contributed by atoms with Crippen LogP contribution in [0.2, 0.25) is 0 Å². The molecule has 1 heterocycles. The molecule has 0 saturated heterocycles. The van der Waals surface area contributed by atoms with Crippen molar-refractivity contribution in [3.63, 3.8) is 0 Å². The van der Waals surface area contributed by atoms with Crippen molar-refractivity contribution in [2.24, 2.45) is 0 Å². The fraction of sp³-hybridized carbons (Fsp3) is 0.667. The molecule has 6 nitrogen and oxygen atoms in total. The molecule has 0 fully saturated rings. The summed E-state index contributed by atoms with van der Waals surface area (Å²) in [6, 6.07) is 0. The van der Waals surface area contributed by atoms with Crippen LogP contribution < -0.4 is 9.47 Å². The topological polar surface area (TPSA) is 73.7 Å². The van der Waals surface area contributed by atoms with E-state index in [4.69, 9.17) is 14.2 Å². The second kappa shape index (κ2) is 5.97. The van der Waals surface area contributed by atoms with Crippen molar-refractivity contribution in [2.75, 3.05) is 21.3 Å². The summed E-state index contributed by atoms with van der Waals surface area (Å²) in [4.78, 5) is 8.20. The van der Waals surface area contributed by atoms with Gasteiger partial charge in [-0.1, -0.05) is 0 Å². The first-order valence-corrected chi connectivity index (χ1v) is 5.61. The number of rotatable bonds is 6. The molecule has 102 valence electrons. The largest absolute Gasteiger partial charge is 0.480 e. The summed E-state index contributed by atoms with van der Waals surface area (Å²) in [6.07, 6.45) is 1.02. The van der Waals surface area contributed by atoms with E-state index in [0.29, 0.717) is 18.0 Å². The lowest BCUT2D eigenvalue weighted by Gasteiger charge is -2.25. The molecular weight excluding hydrogens is 236 g/mol. The number of methoxy groups -OCH3 is 3. The zero-order valence-electron chi connectivity index (χ0n) is 11.4. The molecule has 0 aliphatic carbocycles. The first kappa shape index (κ1) is 14.7. The van der Waals surface area contributed by atoms with Crippen LogP contribution in [0.4, 0.5) is 0 Å². The van der Waals surface area contributed by atoms with E-state index >= 15 is 0 Å². The Morgan fingerprint density at radius 3 is 2.44 bits per heavy atom. The van der Waals surface area contributed by atoms with Crippen LogP contribution in [0.25, 0.3) is 0 Å². The maximum Gasteiger partial charge on any atom is 0.241 e. The second-order valence-corrected chi connectivity index (χ2v) is 4.49. The summed E-state index contributed by atoms with van der Waals surface area (Å²) in [5, 5.41) is 10.2. The smallest absolute Gasteiger partial charge is 0.241 e. The van der Waals surface area contributed by atoms with Gasteiger partial charge in [-0.25, -0.2) is 4.98 Å². The van der Waals surface area contributed by atoms with Gasteiger partial charge in [0, 0.05) is 13.5 Å². The second-order valence-electron chi connectivity index (χ2n) is 4.49. The molecule has 0 saturated carbocycles. The van der Waals surface area contributed by atoms with Gasteiger partial charge in [-0.3, -0.25) is 0 Å². The minimum absolute atomic E-state index is 0.258. The van der Waals surface area contributed by atoms with Crippen LogP contribution in [0, 0.1) is 0 Å². The fourth-order valence-electron chi connectivity index (χ4n) is 1.49. The first-order chi connectivity index (χ1) is 8.43. The third-order valence-corrected chi connectivity index (χ3v) is 2.70. The lowest BCUT2D eigenvalue weighted by Crippen LogP contribution is -2.26. The normalized spacial score (nSPS) is 13.2. The molecular formula is C12H20N2O4. The molecule has 0 aliphatic rings. The lowest BCUT2D eigenvalue weighted by atomic mass is 9.99. The van der Waals surface area contributed by atoms with Gasteiger partial charge in [-0.05, 0) is 13.8 Å². The summed E-state index contributed by atoms with van der Waals surface area (Å²) < 4.78 is 15.3. The Labute approximate surface area is 107 Å². The molecule has 6 heteroatoms. The summed E-state index contributed by atoms with van der Waals surface area (Å²) in [7, 11) is 4.57. The highest BCUT2D eigenvalue weighted by molar-refractivity contribution is 5.24. The van der Waals surface area contributed by atoms with Crippen molar-refractivity contribution < 1.29 is 19.3 Å². The minimum Gasteiger partial charge on any atom is -0.480 e. The van der Waals surface area contributed by atoms with Crippen LogP contribution in [0.3, 0.4) is 0 Å². The van der Waals surface area contributed by atoms with Gasteiger partial charge in [0.1, 0.15) is 11.8 Å². The fourth-order valence-corrected chi connectivity index (χ4v) is 1.49. The molecule has 0 radical (unpaired) electrons. The molecule has 0 spiro atoms. The standard InChI is InChI=1S/C12H20N2O4/c1-12(2,18-5)6-8(15)10-11(17-4)14-9(16-3)7-13-10/h7-8,15H,6H2,1-5H3. The van der Waals surface area contributed by atoms with Gasteiger partial charge in [0.15, 0.2) is 0 Å². The van der Waals surface area contributed by atoms with E-state index in [-0.39, 0.29) is 5.88 Å². The highest BCUT2D eigenvalue weighted by Gasteiger charge is 2.26. The SMILES string of the molecule is COc1cnc(C(O)CC(C)(C)OC)c(OC)n1. The number of hydrogen-bond donors (Lipinski definition) is 1. The number of ether oxygens (including phenoxy) is 3. The van der Waals surface area contributed by atoms with E-state index in [1.807, 2.05) is 13.8 Å². The van der Waals surface area contributed by atoms with Gasteiger partial charge in [-0.2, -0.15) is 4.98 Å². The first-order valence-electron chi connectivity index (χ1n) is 5.61.